The van der Waals surface area contributed by atoms with E-state index in [1.54, 1.807) is 12.1 Å². The van der Waals surface area contributed by atoms with Crippen molar-refractivity contribution < 1.29 is 13.2 Å². The Labute approximate surface area is 121 Å². The Morgan fingerprint density at radius 1 is 1.42 bits per heavy atom. The van der Waals surface area contributed by atoms with E-state index in [2.05, 4.69) is 15.9 Å². The Kier molecular flexibility index (Phi) is 3.98. The maximum atomic E-state index is 12.6. The van der Waals surface area contributed by atoms with Crippen LogP contribution in [0.25, 0.3) is 0 Å². The lowest BCUT2D eigenvalue weighted by Gasteiger charge is -2.22. The molecule has 0 radical (unpaired) electrons. The molecule has 0 saturated carbocycles. The molecule has 2 N–H and O–H groups in total. The fraction of sp³-hybridized carbons (Fsp3) is 0.417. The molecule has 1 aliphatic heterocycles. The van der Waals surface area contributed by atoms with Crippen molar-refractivity contribution in [3.05, 3.63) is 28.2 Å². The molecule has 1 aromatic carbocycles. The lowest BCUT2D eigenvalue weighted by Crippen LogP contribution is -2.43. The summed E-state index contributed by atoms with van der Waals surface area (Å²) in [5.74, 6) is -0.590. The van der Waals surface area contributed by atoms with Gasteiger partial charge >= 0.3 is 0 Å². The minimum atomic E-state index is -3.68. The van der Waals surface area contributed by atoms with Gasteiger partial charge in [-0.05, 0) is 43.5 Å². The normalized spacial score (nSPS) is 20.6. The van der Waals surface area contributed by atoms with E-state index in [0.29, 0.717) is 23.9 Å². The van der Waals surface area contributed by atoms with Gasteiger partial charge in [0.25, 0.3) is 0 Å². The van der Waals surface area contributed by atoms with E-state index in [4.69, 9.17) is 5.73 Å². The Bertz CT molecular complexity index is 595. The highest BCUT2D eigenvalue weighted by molar-refractivity contribution is 9.10. The minimum Gasteiger partial charge on any atom is -0.368 e. The molecule has 1 heterocycles. The summed E-state index contributed by atoms with van der Waals surface area (Å²) in [7, 11) is -3.68. The van der Waals surface area contributed by atoms with Gasteiger partial charge < -0.3 is 5.73 Å². The van der Waals surface area contributed by atoms with Crippen LogP contribution in [0.4, 0.5) is 0 Å². The molecule has 1 saturated heterocycles. The summed E-state index contributed by atoms with van der Waals surface area (Å²) in [6, 6.07) is 4.23. The molecule has 0 spiro atoms. The van der Waals surface area contributed by atoms with Gasteiger partial charge in [-0.3, -0.25) is 4.79 Å². The number of aryl methyl sites for hydroxylation is 1. The number of halogens is 1. The summed E-state index contributed by atoms with van der Waals surface area (Å²) >= 11 is 3.28. The van der Waals surface area contributed by atoms with Crippen molar-refractivity contribution in [1.29, 1.82) is 0 Å². The molecule has 104 valence electrons. The van der Waals surface area contributed by atoms with Crippen LogP contribution in [0.5, 0.6) is 0 Å². The number of hydrogen-bond donors (Lipinski definition) is 1. The zero-order chi connectivity index (χ0) is 14.2. The fourth-order valence-electron chi connectivity index (χ4n) is 2.30. The van der Waals surface area contributed by atoms with E-state index >= 15 is 0 Å². The highest BCUT2D eigenvalue weighted by Crippen LogP contribution is 2.28. The molecule has 7 heteroatoms. The number of carbonyl (C=O) groups excluding carboxylic acids is 1. The van der Waals surface area contributed by atoms with E-state index < -0.39 is 22.0 Å². The van der Waals surface area contributed by atoms with Crippen LogP contribution in [0, 0.1) is 6.92 Å². The molecule has 1 amide bonds. The van der Waals surface area contributed by atoms with Crippen LogP contribution in [-0.2, 0) is 14.8 Å². The molecule has 1 aliphatic rings. The third kappa shape index (κ3) is 2.82. The van der Waals surface area contributed by atoms with Crippen LogP contribution < -0.4 is 5.73 Å². The quantitative estimate of drug-likeness (QED) is 0.897. The number of primary amides is 1. The van der Waals surface area contributed by atoms with E-state index in [1.165, 1.54) is 4.31 Å². The lowest BCUT2D eigenvalue weighted by molar-refractivity contribution is -0.121. The molecular formula is C12H15BrN2O3S. The van der Waals surface area contributed by atoms with E-state index in [-0.39, 0.29) is 4.90 Å². The molecule has 0 aliphatic carbocycles. The van der Waals surface area contributed by atoms with Gasteiger partial charge in [-0.1, -0.05) is 15.9 Å². The summed E-state index contributed by atoms with van der Waals surface area (Å²) in [4.78, 5) is 11.5. The Morgan fingerprint density at radius 2 is 2.11 bits per heavy atom. The summed E-state index contributed by atoms with van der Waals surface area (Å²) in [6.45, 7) is 2.15. The summed E-state index contributed by atoms with van der Waals surface area (Å²) in [5, 5.41) is 0. The molecule has 5 nitrogen and oxygen atoms in total. The highest BCUT2D eigenvalue weighted by atomic mass is 79.9. The molecule has 1 atom stereocenters. The smallest absolute Gasteiger partial charge is 0.243 e. The predicted molar refractivity (Wildman–Crippen MR) is 75.0 cm³/mol. The van der Waals surface area contributed by atoms with Gasteiger partial charge in [0.15, 0.2) is 0 Å². The first-order valence-electron chi connectivity index (χ1n) is 5.91. The Balaban J connectivity index is 2.44. The maximum Gasteiger partial charge on any atom is 0.243 e. The van der Waals surface area contributed by atoms with Gasteiger partial charge in [-0.25, -0.2) is 8.42 Å². The van der Waals surface area contributed by atoms with Gasteiger partial charge in [-0.2, -0.15) is 4.31 Å². The topological polar surface area (TPSA) is 80.5 Å². The van der Waals surface area contributed by atoms with Crippen molar-refractivity contribution >= 4 is 31.9 Å². The minimum absolute atomic E-state index is 0.188. The maximum absolute atomic E-state index is 12.6. The first kappa shape index (κ1) is 14.5. The predicted octanol–water partition coefficient (Wildman–Crippen LogP) is 1.40. The third-order valence-corrected chi connectivity index (χ3v) is 5.50. The molecule has 0 unspecified atom stereocenters. The average Bonchev–Trinajstić information content (AvgIpc) is 2.76. The van der Waals surface area contributed by atoms with Crippen LogP contribution in [0.2, 0.25) is 0 Å². The molecule has 1 fully saturated rings. The summed E-state index contributed by atoms with van der Waals surface area (Å²) in [6.07, 6.45) is 1.14. The van der Waals surface area contributed by atoms with Gasteiger partial charge in [0.2, 0.25) is 15.9 Å². The number of rotatable bonds is 3. The van der Waals surface area contributed by atoms with Gasteiger partial charge in [0.05, 0.1) is 4.90 Å². The number of benzene rings is 1. The number of amides is 1. The molecule has 0 aromatic heterocycles. The number of hydrogen-bond acceptors (Lipinski definition) is 3. The standard InChI is InChI=1S/C12H15BrN2O3S/c1-8-5-9(13)7-10(6-8)19(17,18)15-4-2-3-11(15)12(14)16/h5-7,11H,2-4H2,1H3,(H2,14,16)/t11-/m0/s1. The molecule has 1 aromatic rings. The highest BCUT2D eigenvalue weighted by Gasteiger charge is 2.38. The SMILES string of the molecule is Cc1cc(Br)cc(S(=O)(=O)N2CCC[C@H]2C(N)=O)c1. The molecular weight excluding hydrogens is 332 g/mol. The van der Waals surface area contributed by atoms with Crippen LogP contribution in [-0.4, -0.2) is 31.2 Å². The second kappa shape index (κ2) is 5.22. The largest absolute Gasteiger partial charge is 0.368 e. The number of nitrogens with zero attached hydrogens (tertiary/aromatic N) is 1. The first-order chi connectivity index (χ1) is 8.82. The zero-order valence-electron chi connectivity index (χ0n) is 10.5. The van der Waals surface area contributed by atoms with Crippen LogP contribution in [0.1, 0.15) is 18.4 Å². The summed E-state index contributed by atoms with van der Waals surface area (Å²) < 4.78 is 27.0. The van der Waals surface area contributed by atoms with Crippen molar-refractivity contribution in [3.8, 4) is 0 Å². The number of sulfonamides is 1. The molecule has 19 heavy (non-hydrogen) atoms. The van der Waals surface area contributed by atoms with Crippen molar-refractivity contribution in [2.24, 2.45) is 5.73 Å². The Hall–Kier alpha value is -0.920. The van der Waals surface area contributed by atoms with Crippen LogP contribution >= 0.6 is 15.9 Å². The van der Waals surface area contributed by atoms with E-state index in [0.717, 1.165) is 5.56 Å². The van der Waals surface area contributed by atoms with Crippen LogP contribution in [0.15, 0.2) is 27.6 Å². The lowest BCUT2D eigenvalue weighted by atomic mass is 10.2. The van der Waals surface area contributed by atoms with Gasteiger partial charge in [-0.15, -0.1) is 0 Å². The van der Waals surface area contributed by atoms with Crippen molar-refractivity contribution in [1.82, 2.24) is 4.31 Å². The van der Waals surface area contributed by atoms with Crippen LogP contribution in [0.3, 0.4) is 0 Å². The van der Waals surface area contributed by atoms with Gasteiger partial charge in [0.1, 0.15) is 6.04 Å². The number of nitrogens with two attached hydrogens (primary N) is 1. The van der Waals surface area contributed by atoms with Crippen molar-refractivity contribution in [3.63, 3.8) is 0 Å². The average molecular weight is 347 g/mol. The van der Waals surface area contributed by atoms with Crippen molar-refractivity contribution in [2.45, 2.75) is 30.7 Å². The van der Waals surface area contributed by atoms with Crippen molar-refractivity contribution in [2.75, 3.05) is 6.54 Å². The first-order valence-corrected chi connectivity index (χ1v) is 8.14. The monoisotopic (exact) mass is 346 g/mol. The zero-order valence-corrected chi connectivity index (χ0v) is 12.9. The fourth-order valence-corrected chi connectivity index (χ4v) is 4.85. The van der Waals surface area contributed by atoms with E-state index in [9.17, 15) is 13.2 Å². The second-order valence-corrected chi connectivity index (χ2v) is 7.45. The number of carbonyl (C=O) groups is 1. The second-order valence-electron chi connectivity index (χ2n) is 4.64. The Morgan fingerprint density at radius 3 is 2.68 bits per heavy atom. The van der Waals surface area contributed by atoms with Gasteiger partial charge in [0, 0.05) is 11.0 Å². The molecule has 0 bridgehead atoms. The third-order valence-electron chi connectivity index (χ3n) is 3.15. The molecule has 2 rings (SSSR count). The van der Waals surface area contributed by atoms with E-state index in [1.807, 2.05) is 13.0 Å². The summed E-state index contributed by atoms with van der Waals surface area (Å²) in [5.41, 5.74) is 6.10.